The average molecular weight is 1090 g/mol. The SMILES string of the molecule is Cc1ncsc1-c1ccc(CNC(=O)[C@@H]2C[C@@H](O)CN2C(=O)[C@@H](NC(=O)COCCOCCOCCOCCCCCCN2CCC(n3nc(-c4ccc(Oc5ccccc5)cc4)c4c(N)ncnc43)CC2)C(C)(C)C)cc1. The third-order valence-electron chi connectivity index (χ3n) is 14.1. The molecule has 78 heavy (non-hydrogen) atoms. The van der Waals surface area contributed by atoms with Gasteiger partial charge in [-0.3, -0.25) is 14.4 Å². The van der Waals surface area contributed by atoms with Crippen LogP contribution in [0.5, 0.6) is 11.5 Å². The highest BCUT2D eigenvalue weighted by Gasteiger charge is 2.44. The van der Waals surface area contributed by atoms with E-state index in [0.717, 1.165) is 114 Å². The van der Waals surface area contributed by atoms with Crippen LogP contribution in [0, 0.1) is 12.3 Å². The maximum atomic E-state index is 14.0. The van der Waals surface area contributed by atoms with E-state index in [0.29, 0.717) is 38.9 Å². The number of anilines is 1. The Balaban J connectivity index is 0.629. The number of benzene rings is 3. The molecule has 3 aromatic carbocycles. The van der Waals surface area contributed by atoms with Gasteiger partial charge in [0.25, 0.3) is 0 Å². The van der Waals surface area contributed by atoms with Crippen molar-refractivity contribution in [3.63, 3.8) is 0 Å². The number of thiazole rings is 1. The van der Waals surface area contributed by atoms with Crippen LogP contribution in [0.1, 0.15) is 83.0 Å². The highest BCUT2D eigenvalue weighted by Crippen LogP contribution is 2.36. The number of aliphatic hydroxyl groups is 1. The topological polar surface area (TPSA) is 231 Å². The molecule has 3 aromatic heterocycles. The lowest BCUT2D eigenvalue weighted by Crippen LogP contribution is -2.58. The van der Waals surface area contributed by atoms with Crippen LogP contribution in [0.2, 0.25) is 0 Å². The van der Waals surface area contributed by atoms with Crippen molar-refractivity contribution in [2.24, 2.45) is 5.41 Å². The number of nitrogens with one attached hydrogen (secondary N) is 2. The van der Waals surface area contributed by atoms with Crippen molar-refractivity contribution in [1.29, 1.82) is 0 Å². The van der Waals surface area contributed by atoms with Gasteiger partial charge < -0.3 is 55.0 Å². The number of likely N-dealkylation sites (tertiary alicyclic amines) is 2. The number of ether oxygens (including phenoxy) is 5. The van der Waals surface area contributed by atoms with Crippen LogP contribution in [0.3, 0.4) is 0 Å². The summed E-state index contributed by atoms with van der Waals surface area (Å²) in [6, 6.07) is 23.9. The minimum Gasteiger partial charge on any atom is -0.457 e. The van der Waals surface area contributed by atoms with Crippen molar-refractivity contribution in [3.8, 4) is 33.2 Å². The molecule has 2 saturated heterocycles. The molecule has 6 aromatic rings. The maximum absolute atomic E-state index is 14.0. The molecule has 5 heterocycles. The molecule has 0 bridgehead atoms. The minimum atomic E-state index is -0.954. The van der Waals surface area contributed by atoms with E-state index in [1.807, 2.05) is 112 Å². The number of hydrogen-bond acceptors (Lipinski definition) is 16. The molecule has 8 rings (SSSR count). The molecule has 20 heteroatoms. The molecule has 2 aliphatic rings. The zero-order valence-corrected chi connectivity index (χ0v) is 46.3. The lowest BCUT2D eigenvalue weighted by atomic mass is 9.85. The van der Waals surface area contributed by atoms with Gasteiger partial charge in [0.05, 0.1) is 73.3 Å². The second-order valence-electron chi connectivity index (χ2n) is 21.0. The van der Waals surface area contributed by atoms with Crippen LogP contribution in [0.25, 0.3) is 32.7 Å². The summed E-state index contributed by atoms with van der Waals surface area (Å²) in [5.41, 5.74) is 13.0. The second-order valence-corrected chi connectivity index (χ2v) is 21.9. The Morgan fingerprint density at radius 1 is 0.795 bits per heavy atom. The molecular formula is C58H76N10O9S. The lowest BCUT2D eigenvalue weighted by Gasteiger charge is -2.35. The highest BCUT2D eigenvalue weighted by atomic mass is 32.1. The number of β-amino-alcohol motifs (C(OH)–C–C–N with tert-alkyl or cyclic N) is 1. The predicted molar refractivity (Wildman–Crippen MR) is 300 cm³/mol. The first-order chi connectivity index (χ1) is 37.8. The predicted octanol–water partition coefficient (Wildman–Crippen LogP) is 7.37. The average Bonchev–Trinajstić information content (AvgIpc) is 4.23. The van der Waals surface area contributed by atoms with Crippen LogP contribution in [-0.2, 0) is 39.9 Å². The van der Waals surface area contributed by atoms with Crippen molar-refractivity contribution >= 4 is 45.9 Å². The number of carbonyl (C=O) groups excluding carboxylic acids is 3. The summed E-state index contributed by atoms with van der Waals surface area (Å²) in [6.07, 6.45) is 7.15. The van der Waals surface area contributed by atoms with Crippen LogP contribution < -0.4 is 21.1 Å². The third-order valence-corrected chi connectivity index (χ3v) is 15.1. The van der Waals surface area contributed by atoms with Crippen molar-refractivity contribution in [1.82, 2.24) is 45.2 Å². The number of aliphatic hydroxyl groups excluding tert-OH is 1. The number of aryl methyl sites for hydroxylation is 1. The van der Waals surface area contributed by atoms with E-state index in [1.165, 1.54) is 11.2 Å². The molecule has 0 radical (unpaired) electrons. The molecular weight excluding hydrogens is 1010 g/mol. The zero-order valence-electron chi connectivity index (χ0n) is 45.4. The normalized spacial score (nSPS) is 16.7. The van der Waals surface area contributed by atoms with Gasteiger partial charge >= 0.3 is 0 Å². The first-order valence-corrected chi connectivity index (χ1v) is 28.1. The number of nitrogens with zero attached hydrogens (tertiary/aromatic N) is 7. The summed E-state index contributed by atoms with van der Waals surface area (Å²) < 4.78 is 30.7. The molecule has 0 saturated carbocycles. The fourth-order valence-corrected chi connectivity index (χ4v) is 10.7. The number of para-hydroxylation sites is 1. The molecule has 19 nitrogen and oxygen atoms in total. The van der Waals surface area contributed by atoms with Gasteiger partial charge in [-0.15, -0.1) is 11.3 Å². The number of fused-ring (bicyclic) bond motifs is 1. The van der Waals surface area contributed by atoms with E-state index in [2.05, 4.69) is 35.2 Å². The van der Waals surface area contributed by atoms with Crippen LogP contribution >= 0.6 is 11.3 Å². The van der Waals surface area contributed by atoms with Gasteiger partial charge in [-0.05, 0) is 92.1 Å². The van der Waals surface area contributed by atoms with Crippen LogP contribution in [-0.4, -0.2) is 155 Å². The monoisotopic (exact) mass is 1090 g/mol. The largest absolute Gasteiger partial charge is 0.457 e. The fraction of sp³-hybridized carbons (Fsp3) is 0.500. The molecule has 2 aliphatic heterocycles. The van der Waals surface area contributed by atoms with Crippen LogP contribution in [0.4, 0.5) is 5.82 Å². The maximum Gasteiger partial charge on any atom is 0.246 e. The van der Waals surface area contributed by atoms with E-state index in [-0.39, 0.29) is 51.3 Å². The molecule has 3 amide bonds. The smallest absolute Gasteiger partial charge is 0.246 e. The third kappa shape index (κ3) is 16.1. The van der Waals surface area contributed by atoms with Gasteiger partial charge in [0.2, 0.25) is 17.7 Å². The quantitative estimate of drug-likeness (QED) is 0.0352. The standard InChI is InChI=1S/C58H76N10O9S/c1-40-52(78-39-63-40)43-16-14-41(15-17-43)35-60-56(71)48-34-45(69)36-67(48)57(72)53(58(2,3)4)64-49(70)37-76-33-32-75-31-30-74-29-28-73-27-11-6-5-10-24-66-25-22-44(23-26-66)68-55-50(54(59)61-38-62-55)51(65-68)42-18-20-47(21-19-42)77-46-12-8-7-9-13-46/h7-9,12-21,38-39,44-45,48,53,69H,5-6,10-11,22-37H2,1-4H3,(H,60,71)(H,64,70)(H2,59,61,62)/t45-,48+,53-/m1/s1. The highest BCUT2D eigenvalue weighted by molar-refractivity contribution is 7.13. The van der Waals surface area contributed by atoms with Gasteiger partial charge in [-0.1, -0.05) is 76.1 Å². The molecule has 0 spiro atoms. The number of unbranched alkanes of at least 4 members (excludes halogenated alkanes) is 3. The summed E-state index contributed by atoms with van der Waals surface area (Å²) in [5.74, 6) is 0.684. The van der Waals surface area contributed by atoms with Crippen molar-refractivity contribution < 1.29 is 43.2 Å². The van der Waals surface area contributed by atoms with E-state index in [1.54, 1.807) is 11.3 Å². The van der Waals surface area contributed by atoms with Crippen molar-refractivity contribution in [2.75, 3.05) is 84.8 Å². The first-order valence-electron chi connectivity index (χ1n) is 27.2. The van der Waals surface area contributed by atoms with Crippen LogP contribution in [0.15, 0.2) is 90.7 Å². The molecule has 5 N–H and O–H groups in total. The molecule has 418 valence electrons. The first kappa shape index (κ1) is 57.8. The number of nitrogens with two attached hydrogens (primary N) is 1. The summed E-state index contributed by atoms with van der Waals surface area (Å²) in [6.45, 7) is 13.5. The Hall–Kier alpha value is -6.39. The number of carbonyl (C=O) groups is 3. The van der Waals surface area contributed by atoms with E-state index in [9.17, 15) is 19.5 Å². The molecule has 3 atom stereocenters. The van der Waals surface area contributed by atoms with E-state index >= 15 is 0 Å². The number of aromatic nitrogens is 5. The fourth-order valence-electron chi connectivity index (χ4n) is 9.85. The number of piperidine rings is 1. The molecule has 2 fully saturated rings. The Labute approximate surface area is 461 Å². The zero-order chi connectivity index (χ0) is 54.9. The number of nitrogen functional groups attached to an aromatic ring is 1. The van der Waals surface area contributed by atoms with Gasteiger partial charge in [-0.2, -0.15) is 5.10 Å². The Morgan fingerprint density at radius 3 is 2.13 bits per heavy atom. The van der Waals surface area contributed by atoms with Crippen molar-refractivity contribution in [2.45, 2.75) is 103 Å². The van der Waals surface area contributed by atoms with Crippen molar-refractivity contribution in [3.05, 3.63) is 102 Å². The van der Waals surface area contributed by atoms with Gasteiger partial charge in [0.1, 0.15) is 48.0 Å². The minimum absolute atomic E-state index is 0.00883. The van der Waals surface area contributed by atoms with E-state index < -0.39 is 35.4 Å². The summed E-state index contributed by atoms with van der Waals surface area (Å²) in [4.78, 5) is 58.7. The summed E-state index contributed by atoms with van der Waals surface area (Å²) in [5, 5.41) is 22.2. The van der Waals surface area contributed by atoms with Gasteiger partial charge in [-0.25, -0.2) is 19.6 Å². The van der Waals surface area contributed by atoms with Gasteiger partial charge in [0, 0.05) is 44.8 Å². The number of amides is 3. The summed E-state index contributed by atoms with van der Waals surface area (Å²) >= 11 is 1.58. The summed E-state index contributed by atoms with van der Waals surface area (Å²) in [7, 11) is 0. The van der Waals surface area contributed by atoms with E-state index in [4.69, 9.17) is 34.5 Å². The number of rotatable bonds is 28. The lowest BCUT2D eigenvalue weighted by molar-refractivity contribution is -0.144. The van der Waals surface area contributed by atoms with Gasteiger partial charge in [0.15, 0.2) is 5.65 Å². The molecule has 0 aliphatic carbocycles. The second kappa shape index (κ2) is 28.5. The molecule has 0 unspecified atom stereocenters. The Kier molecular flexibility index (Phi) is 21.1. The Morgan fingerprint density at radius 2 is 1.45 bits per heavy atom. The Bertz CT molecular complexity index is 2840. The number of hydrogen-bond donors (Lipinski definition) is 4.